The second-order valence-electron chi connectivity index (χ2n) is 6.25. The fourth-order valence-corrected chi connectivity index (χ4v) is 3.00. The predicted octanol–water partition coefficient (Wildman–Crippen LogP) is 2.93. The minimum absolute atomic E-state index is 0.0297. The molecule has 12 heteroatoms. The Morgan fingerprint density at radius 2 is 1.90 bits per heavy atom. The Bertz CT molecular complexity index is 1190. The largest absolute Gasteiger partial charge is 0.449 e. The van der Waals surface area contributed by atoms with Crippen molar-refractivity contribution in [3.63, 3.8) is 0 Å². The molecule has 156 valence electrons. The lowest BCUT2D eigenvalue weighted by Gasteiger charge is -2.10. The van der Waals surface area contributed by atoms with Gasteiger partial charge < -0.3 is 9.15 Å². The minimum atomic E-state index is -3.49. The van der Waals surface area contributed by atoms with Crippen molar-refractivity contribution in [3.8, 4) is 11.5 Å². The van der Waals surface area contributed by atoms with E-state index in [4.69, 9.17) is 9.15 Å². The first kappa shape index (κ1) is 20.9. The number of benzene rings is 2. The van der Waals surface area contributed by atoms with E-state index in [-0.39, 0.29) is 28.7 Å². The van der Waals surface area contributed by atoms with Crippen LogP contribution in [0.15, 0.2) is 52.9 Å². The van der Waals surface area contributed by atoms with Crippen LogP contribution in [0.5, 0.6) is 0 Å². The average molecular weight is 432 g/mol. The molecule has 30 heavy (non-hydrogen) atoms. The molecule has 0 spiro atoms. The highest BCUT2D eigenvalue weighted by molar-refractivity contribution is 7.92. The number of carbonyl (C=O) groups is 1. The van der Waals surface area contributed by atoms with Crippen LogP contribution in [-0.4, -0.2) is 35.8 Å². The molecule has 0 saturated heterocycles. The third kappa shape index (κ3) is 5.17. The molecule has 3 aromatic rings. The summed E-state index contributed by atoms with van der Waals surface area (Å²) in [6.07, 6.45) is 0.112. The summed E-state index contributed by atoms with van der Waals surface area (Å²) in [5.74, 6) is -0.570. The number of anilines is 1. The lowest BCUT2D eigenvalue weighted by molar-refractivity contribution is -0.384. The molecule has 0 amide bonds. The molecule has 0 radical (unpaired) electrons. The number of nitro benzene ring substituents is 1. The number of aromatic nitrogens is 2. The Hall–Kier alpha value is -3.80. The number of carbonyl (C=O) groups excluding carboxylic acids is 1. The summed E-state index contributed by atoms with van der Waals surface area (Å²) in [4.78, 5) is 22.6. The Balaban J connectivity index is 1.71. The van der Waals surface area contributed by atoms with Crippen LogP contribution in [0, 0.1) is 10.1 Å². The van der Waals surface area contributed by atoms with Gasteiger partial charge in [0.15, 0.2) is 6.10 Å². The average Bonchev–Trinajstić information content (AvgIpc) is 3.17. The molecule has 1 aromatic heterocycles. The molecule has 0 aliphatic rings. The third-order valence-electron chi connectivity index (χ3n) is 3.80. The molecular formula is C18H16N4O7S. The number of esters is 1. The van der Waals surface area contributed by atoms with Gasteiger partial charge in [-0.3, -0.25) is 14.8 Å². The maximum Gasteiger partial charge on any atom is 0.338 e. The first-order valence-electron chi connectivity index (χ1n) is 8.49. The second-order valence-corrected chi connectivity index (χ2v) is 8.00. The van der Waals surface area contributed by atoms with Crippen molar-refractivity contribution in [2.24, 2.45) is 0 Å². The van der Waals surface area contributed by atoms with E-state index in [1.54, 1.807) is 0 Å². The van der Waals surface area contributed by atoms with Crippen molar-refractivity contribution in [1.82, 2.24) is 10.2 Å². The molecule has 0 fully saturated rings. The van der Waals surface area contributed by atoms with Gasteiger partial charge in [0, 0.05) is 23.4 Å². The van der Waals surface area contributed by atoms with E-state index in [1.165, 1.54) is 55.5 Å². The van der Waals surface area contributed by atoms with Gasteiger partial charge in [-0.15, -0.1) is 10.2 Å². The predicted molar refractivity (Wildman–Crippen MR) is 105 cm³/mol. The van der Waals surface area contributed by atoms with Crippen LogP contribution >= 0.6 is 0 Å². The maximum absolute atomic E-state index is 12.4. The van der Waals surface area contributed by atoms with Crippen LogP contribution in [0.4, 0.5) is 11.4 Å². The highest BCUT2D eigenvalue weighted by atomic mass is 32.2. The van der Waals surface area contributed by atoms with Crippen LogP contribution in [0.3, 0.4) is 0 Å². The van der Waals surface area contributed by atoms with Crippen molar-refractivity contribution in [2.75, 3.05) is 11.0 Å². The molecule has 1 heterocycles. The first-order valence-corrected chi connectivity index (χ1v) is 10.4. The molecule has 1 N–H and O–H groups in total. The van der Waals surface area contributed by atoms with Crippen molar-refractivity contribution < 1.29 is 27.3 Å². The summed E-state index contributed by atoms with van der Waals surface area (Å²) in [6.45, 7) is 1.53. The zero-order valence-corrected chi connectivity index (χ0v) is 16.6. The number of rotatable bonds is 7. The number of hydrogen-bond acceptors (Lipinski definition) is 9. The lowest BCUT2D eigenvalue weighted by Crippen LogP contribution is -2.12. The summed E-state index contributed by atoms with van der Waals surface area (Å²) >= 11 is 0. The SMILES string of the molecule is CC(OC(=O)c1cccc(NS(C)(=O)=O)c1)c1nnc(-c2ccc([N+](=O)[O-])cc2)o1. The van der Waals surface area contributed by atoms with Crippen molar-refractivity contribution >= 4 is 27.4 Å². The Morgan fingerprint density at radius 1 is 1.20 bits per heavy atom. The fraction of sp³-hybridized carbons (Fsp3) is 0.167. The first-order chi connectivity index (χ1) is 14.1. The fourth-order valence-electron chi connectivity index (χ4n) is 2.44. The van der Waals surface area contributed by atoms with E-state index in [9.17, 15) is 23.3 Å². The van der Waals surface area contributed by atoms with E-state index in [1.807, 2.05) is 0 Å². The van der Waals surface area contributed by atoms with Gasteiger partial charge in [0.25, 0.3) is 11.6 Å². The second kappa shape index (κ2) is 8.29. The highest BCUT2D eigenvalue weighted by Gasteiger charge is 2.20. The highest BCUT2D eigenvalue weighted by Crippen LogP contribution is 2.25. The van der Waals surface area contributed by atoms with Crippen LogP contribution in [-0.2, 0) is 14.8 Å². The van der Waals surface area contributed by atoms with Gasteiger partial charge in [-0.2, -0.15) is 0 Å². The van der Waals surface area contributed by atoms with Gasteiger partial charge in [-0.05, 0) is 37.3 Å². The smallest absolute Gasteiger partial charge is 0.338 e. The quantitative estimate of drug-likeness (QED) is 0.337. The molecule has 0 bridgehead atoms. The van der Waals surface area contributed by atoms with Gasteiger partial charge in [-0.25, -0.2) is 13.2 Å². The number of hydrogen-bond donors (Lipinski definition) is 1. The normalized spacial score (nSPS) is 12.2. The Kier molecular flexibility index (Phi) is 5.78. The Labute approximate surface area is 170 Å². The van der Waals surface area contributed by atoms with Crippen LogP contribution in [0.25, 0.3) is 11.5 Å². The van der Waals surface area contributed by atoms with E-state index < -0.39 is 27.0 Å². The Morgan fingerprint density at radius 3 is 2.53 bits per heavy atom. The minimum Gasteiger partial charge on any atom is -0.449 e. The van der Waals surface area contributed by atoms with Gasteiger partial charge in [0.05, 0.1) is 16.7 Å². The van der Waals surface area contributed by atoms with Gasteiger partial charge in [0.1, 0.15) is 0 Å². The van der Waals surface area contributed by atoms with Crippen LogP contribution < -0.4 is 4.72 Å². The van der Waals surface area contributed by atoms with E-state index >= 15 is 0 Å². The molecule has 2 aromatic carbocycles. The summed E-state index contributed by atoms with van der Waals surface area (Å²) in [7, 11) is -3.49. The van der Waals surface area contributed by atoms with E-state index in [0.29, 0.717) is 5.56 Å². The number of non-ortho nitro benzene ring substituents is 1. The molecule has 1 atom stereocenters. The summed E-state index contributed by atoms with van der Waals surface area (Å²) in [6, 6.07) is 11.4. The number of nitrogens with one attached hydrogen (secondary N) is 1. The molecule has 11 nitrogen and oxygen atoms in total. The summed E-state index contributed by atoms with van der Waals surface area (Å²) in [5.41, 5.74) is 0.745. The van der Waals surface area contributed by atoms with Gasteiger partial charge in [-0.1, -0.05) is 6.07 Å². The molecule has 1 unspecified atom stereocenters. The van der Waals surface area contributed by atoms with E-state index in [2.05, 4.69) is 14.9 Å². The summed E-state index contributed by atoms with van der Waals surface area (Å²) < 4.78 is 35.7. The monoisotopic (exact) mass is 432 g/mol. The van der Waals surface area contributed by atoms with E-state index in [0.717, 1.165) is 6.26 Å². The summed E-state index contributed by atoms with van der Waals surface area (Å²) in [5, 5.41) is 18.4. The number of nitro groups is 1. The number of sulfonamides is 1. The molecule has 3 rings (SSSR count). The molecule has 0 saturated carbocycles. The molecule has 0 aliphatic heterocycles. The van der Waals surface area contributed by atoms with Crippen LogP contribution in [0.2, 0.25) is 0 Å². The molecular weight excluding hydrogens is 416 g/mol. The maximum atomic E-state index is 12.4. The lowest BCUT2D eigenvalue weighted by atomic mass is 10.2. The van der Waals surface area contributed by atoms with Gasteiger partial charge >= 0.3 is 5.97 Å². The van der Waals surface area contributed by atoms with Crippen molar-refractivity contribution in [3.05, 3.63) is 70.1 Å². The van der Waals surface area contributed by atoms with Crippen LogP contribution in [0.1, 0.15) is 29.3 Å². The van der Waals surface area contributed by atoms with Crippen molar-refractivity contribution in [2.45, 2.75) is 13.0 Å². The standard InChI is InChI=1S/C18H16N4O7S/c1-11(28-18(23)13-4-3-5-14(10-13)21-30(2,26)27)16-19-20-17(29-16)12-6-8-15(9-7-12)22(24)25/h3-11,21H,1-2H3. The van der Waals surface area contributed by atoms with Gasteiger partial charge in [0.2, 0.25) is 15.9 Å². The zero-order valence-electron chi connectivity index (χ0n) is 15.8. The number of nitrogens with zero attached hydrogens (tertiary/aromatic N) is 3. The zero-order chi connectivity index (χ0) is 21.9. The third-order valence-corrected chi connectivity index (χ3v) is 4.41. The number of ether oxygens (including phenoxy) is 1. The topological polar surface area (TPSA) is 155 Å². The van der Waals surface area contributed by atoms with Crippen molar-refractivity contribution in [1.29, 1.82) is 0 Å². The molecule has 0 aliphatic carbocycles.